The van der Waals surface area contributed by atoms with Crippen molar-refractivity contribution in [3.8, 4) is 33.4 Å². The number of nitrogens with one attached hydrogen (secondary N) is 1. The predicted molar refractivity (Wildman–Crippen MR) is 211 cm³/mol. The highest BCUT2D eigenvalue weighted by molar-refractivity contribution is 6.12. The molecule has 0 saturated heterocycles. The van der Waals surface area contributed by atoms with E-state index in [0.29, 0.717) is 0 Å². The predicted octanol–water partition coefficient (Wildman–Crippen LogP) is 11.9. The fourth-order valence-electron chi connectivity index (χ4n) is 7.73. The number of hydrogen-bond donors (Lipinski definition) is 1. The van der Waals surface area contributed by atoms with Crippen LogP contribution in [-0.2, 0) is 0 Å². The van der Waals surface area contributed by atoms with Gasteiger partial charge in [0, 0.05) is 43.8 Å². The lowest BCUT2D eigenvalue weighted by atomic mass is 9.95. The van der Waals surface area contributed by atoms with E-state index in [9.17, 15) is 0 Å². The van der Waals surface area contributed by atoms with Crippen LogP contribution in [0.1, 0.15) is 18.4 Å². The Hall–Kier alpha value is -6.58. The summed E-state index contributed by atoms with van der Waals surface area (Å²) in [7, 11) is 0. The largest absolute Gasteiger partial charge is 0.455 e. The van der Waals surface area contributed by atoms with E-state index in [1.165, 1.54) is 27.5 Å². The van der Waals surface area contributed by atoms with Crippen molar-refractivity contribution in [3.63, 3.8) is 0 Å². The zero-order valence-corrected chi connectivity index (χ0v) is 27.9. The Labute approximate surface area is 295 Å². The minimum absolute atomic E-state index is 0.890. The molecule has 51 heavy (non-hydrogen) atoms. The van der Waals surface area contributed by atoms with E-state index in [0.717, 1.165) is 84.8 Å². The summed E-state index contributed by atoms with van der Waals surface area (Å²) >= 11 is 0. The molecule has 242 valence electrons. The second-order valence-electron chi connectivity index (χ2n) is 13.2. The minimum atomic E-state index is 0.890. The Morgan fingerprint density at radius 1 is 0.471 bits per heavy atom. The molecule has 3 nitrogen and oxygen atoms in total. The number of para-hydroxylation sites is 2. The first-order chi connectivity index (χ1) is 25.3. The van der Waals surface area contributed by atoms with Crippen LogP contribution in [0.5, 0.6) is 0 Å². The van der Waals surface area contributed by atoms with E-state index in [1.54, 1.807) is 0 Å². The minimum Gasteiger partial charge on any atom is -0.455 e. The molecule has 3 heteroatoms. The van der Waals surface area contributed by atoms with Crippen molar-refractivity contribution in [2.45, 2.75) is 12.8 Å². The van der Waals surface area contributed by atoms with E-state index in [4.69, 9.17) is 8.83 Å². The third kappa shape index (κ3) is 5.05. The molecule has 7 aromatic carbocycles. The summed E-state index contributed by atoms with van der Waals surface area (Å²) in [5, 5.41) is 8.32. The number of fused-ring (bicyclic) bond motifs is 6. The van der Waals surface area contributed by atoms with Crippen LogP contribution >= 0.6 is 0 Å². The zero-order chi connectivity index (χ0) is 33.7. The van der Waals surface area contributed by atoms with Crippen LogP contribution in [0.15, 0.2) is 173 Å². The van der Waals surface area contributed by atoms with Gasteiger partial charge in [0.25, 0.3) is 0 Å². The van der Waals surface area contributed by atoms with Crippen molar-refractivity contribution in [1.29, 1.82) is 0 Å². The lowest BCUT2D eigenvalue weighted by molar-refractivity contribution is 0.569. The fourth-order valence-corrected chi connectivity index (χ4v) is 7.73. The molecule has 0 atom stereocenters. The van der Waals surface area contributed by atoms with Gasteiger partial charge in [-0.05, 0) is 77.1 Å². The Morgan fingerprint density at radius 2 is 1.18 bits per heavy atom. The molecule has 10 rings (SSSR count). The molecule has 9 aromatic rings. The summed E-state index contributed by atoms with van der Waals surface area (Å²) in [5.74, 6) is 0. The van der Waals surface area contributed by atoms with Crippen molar-refractivity contribution in [1.82, 2.24) is 0 Å². The van der Waals surface area contributed by atoms with Crippen LogP contribution in [0, 0.1) is 0 Å². The van der Waals surface area contributed by atoms with Crippen molar-refractivity contribution >= 4 is 55.9 Å². The third-order valence-corrected chi connectivity index (χ3v) is 10.2. The molecule has 1 aliphatic carbocycles. The molecule has 0 aliphatic heterocycles. The van der Waals surface area contributed by atoms with Gasteiger partial charge in [0.2, 0.25) is 0 Å². The Kier molecular flexibility index (Phi) is 6.95. The molecular formula is C48H33NO2. The molecule has 0 saturated carbocycles. The average Bonchev–Trinajstić information content (AvgIpc) is 3.78. The first-order valence-electron chi connectivity index (χ1n) is 17.6. The second-order valence-corrected chi connectivity index (χ2v) is 13.2. The van der Waals surface area contributed by atoms with Gasteiger partial charge in [0.15, 0.2) is 0 Å². The standard InChI is InChI=1S/C48H33NO2/c1-3-12-31(13-4-1)34-16-9-17-35(30-34)38-20-11-22-41-40-21-10-19-37(46(40)51-47(38)41)32-24-26-36(27-25-32)49-43-29-28-42-39-18-7-8-23-44(39)50-48(42)45(43)33-14-5-2-6-15-33/h1-9,11-18,20-30,49H,10,19H2. The van der Waals surface area contributed by atoms with Gasteiger partial charge < -0.3 is 14.2 Å². The van der Waals surface area contributed by atoms with Gasteiger partial charge in [-0.2, -0.15) is 0 Å². The molecule has 0 amide bonds. The summed E-state index contributed by atoms with van der Waals surface area (Å²) in [6.45, 7) is 0. The maximum absolute atomic E-state index is 6.85. The van der Waals surface area contributed by atoms with Crippen LogP contribution in [0.4, 0.5) is 11.4 Å². The second kappa shape index (κ2) is 12.1. The molecular weight excluding hydrogens is 623 g/mol. The lowest BCUT2D eigenvalue weighted by Crippen LogP contribution is -2.26. The molecule has 1 aliphatic rings. The van der Waals surface area contributed by atoms with Crippen LogP contribution in [-0.4, -0.2) is 0 Å². The lowest BCUT2D eigenvalue weighted by Gasteiger charge is -2.14. The van der Waals surface area contributed by atoms with Gasteiger partial charge in [-0.25, -0.2) is 0 Å². The van der Waals surface area contributed by atoms with Crippen molar-refractivity contribution in [2.24, 2.45) is 0 Å². The molecule has 1 N–H and O–H groups in total. The summed E-state index contributed by atoms with van der Waals surface area (Å²) in [6.07, 6.45) is 4.24. The van der Waals surface area contributed by atoms with E-state index in [1.807, 2.05) is 18.2 Å². The van der Waals surface area contributed by atoms with E-state index in [2.05, 4.69) is 157 Å². The quantitative estimate of drug-likeness (QED) is 0.194. The van der Waals surface area contributed by atoms with E-state index >= 15 is 0 Å². The Bertz CT molecular complexity index is 2860. The smallest absolute Gasteiger partial charge is 0.145 e. The number of rotatable bonds is 6. The highest BCUT2D eigenvalue weighted by Crippen LogP contribution is 2.41. The van der Waals surface area contributed by atoms with Crippen molar-refractivity contribution in [3.05, 3.63) is 180 Å². The molecule has 0 radical (unpaired) electrons. The fraction of sp³-hybridized carbons (Fsp3) is 0.0417. The number of furan rings is 2. The van der Waals surface area contributed by atoms with Gasteiger partial charge in [-0.3, -0.25) is 0 Å². The molecule has 0 bridgehead atoms. The number of anilines is 2. The normalized spacial score (nSPS) is 12.7. The summed E-state index contributed by atoms with van der Waals surface area (Å²) in [4.78, 5) is 0. The summed E-state index contributed by atoms with van der Waals surface area (Å²) in [5.41, 5.74) is 15.0. The van der Waals surface area contributed by atoms with Gasteiger partial charge >= 0.3 is 0 Å². The van der Waals surface area contributed by atoms with Gasteiger partial charge in [0.1, 0.15) is 22.2 Å². The summed E-state index contributed by atoms with van der Waals surface area (Å²) < 4.78 is 13.3. The topological polar surface area (TPSA) is 38.3 Å². The molecule has 0 unspecified atom stereocenters. The van der Waals surface area contributed by atoms with Gasteiger partial charge in [-0.15, -0.1) is 0 Å². The van der Waals surface area contributed by atoms with Crippen LogP contribution < -0.4 is 16.0 Å². The first kappa shape index (κ1) is 29.3. The highest BCUT2D eigenvalue weighted by atomic mass is 16.3. The van der Waals surface area contributed by atoms with Crippen LogP contribution in [0.25, 0.3) is 77.9 Å². The summed E-state index contributed by atoms with van der Waals surface area (Å²) in [6, 6.07) is 57.6. The first-order valence-corrected chi connectivity index (χ1v) is 17.6. The Balaban J connectivity index is 1.04. The van der Waals surface area contributed by atoms with Crippen LogP contribution in [0.3, 0.4) is 0 Å². The SMILES string of the molecule is C1=c2c(oc3c(-c4cccc(-c5ccccc5)c4)cccc23)=C(c2ccc(Nc3ccc4c(oc5ccccc54)c3-c3ccccc3)cc2)CC1. The maximum Gasteiger partial charge on any atom is 0.145 e. The van der Waals surface area contributed by atoms with Gasteiger partial charge in [0.05, 0.1) is 5.69 Å². The third-order valence-electron chi connectivity index (χ3n) is 10.2. The Morgan fingerprint density at radius 3 is 2.02 bits per heavy atom. The van der Waals surface area contributed by atoms with Crippen molar-refractivity contribution < 1.29 is 8.83 Å². The van der Waals surface area contributed by atoms with Crippen molar-refractivity contribution in [2.75, 3.05) is 5.32 Å². The molecule has 2 heterocycles. The molecule has 0 fully saturated rings. The van der Waals surface area contributed by atoms with Crippen LogP contribution in [0.2, 0.25) is 0 Å². The van der Waals surface area contributed by atoms with E-state index < -0.39 is 0 Å². The monoisotopic (exact) mass is 655 g/mol. The maximum atomic E-state index is 6.85. The van der Waals surface area contributed by atoms with E-state index in [-0.39, 0.29) is 0 Å². The average molecular weight is 656 g/mol. The number of hydrogen-bond acceptors (Lipinski definition) is 3. The molecule has 2 aromatic heterocycles. The zero-order valence-electron chi connectivity index (χ0n) is 27.9. The highest BCUT2D eigenvalue weighted by Gasteiger charge is 2.19. The molecule has 0 spiro atoms. The van der Waals surface area contributed by atoms with Gasteiger partial charge in [-0.1, -0.05) is 133 Å². The number of benzene rings is 7.